The second-order valence-corrected chi connectivity index (χ2v) is 19.8. The lowest BCUT2D eigenvalue weighted by Gasteiger charge is -2.47. The summed E-state index contributed by atoms with van der Waals surface area (Å²) < 4.78 is 16.2. The maximum atomic E-state index is 12.3. The first-order chi connectivity index (χ1) is 20.0. The molecule has 2 fully saturated rings. The molecule has 0 unspecified atom stereocenters. The number of hydrogen-bond acceptors (Lipinski definition) is 11. The van der Waals surface area contributed by atoms with E-state index >= 15 is 0 Å². The van der Waals surface area contributed by atoms with E-state index in [1.54, 1.807) is 0 Å². The second-order valence-electron chi connectivity index (χ2n) is 14.7. The van der Waals surface area contributed by atoms with Gasteiger partial charge in [0.15, 0.2) is 8.32 Å². The molecule has 2 heterocycles. The number of rotatable bonds is 5. The zero-order valence-corrected chi connectivity index (χ0v) is 29.5. The minimum atomic E-state index is -2.34. The summed E-state index contributed by atoms with van der Waals surface area (Å²) in [5.41, 5.74) is 0.670. The van der Waals surface area contributed by atoms with Crippen molar-refractivity contribution >= 4 is 49.7 Å². The predicted molar refractivity (Wildman–Crippen MR) is 168 cm³/mol. The van der Waals surface area contributed by atoms with Gasteiger partial charge >= 0.3 is 18.4 Å². The molecule has 44 heavy (non-hydrogen) atoms. The number of piperidine rings is 1. The van der Waals surface area contributed by atoms with Crippen LogP contribution in [0.25, 0.3) is 0 Å². The van der Waals surface area contributed by atoms with E-state index in [1.807, 2.05) is 46.4 Å². The van der Waals surface area contributed by atoms with Gasteiger partial charge in [0.2, 0.25) is 0 Å². The summed E-state index contributed by atoms with van der Waals surface area (Å²) in [5.74, 6) is 0. The first-order valence-electron chi connectivity index (χ1n) is 14.5. The summed E-state index contributed by atoms with van der Waals surface area (Å²) in [7, 11) is -1.02. The number of nitrogens with one attached hydrogen (secondary N) is 1. The van der Waals surface area contributed by atoms with Gasteiger partial charge in [0.1, 0.15) is 5.69 Å². The third-order valence-corrected chi connectivity index (χ3v) is 13.1. The van der Waals surface area contributed by atoms with Crippen LogP contribution in [0.3, 0.4) is 0 Å². The number of methoxy groups -OCH3 is 1. The summed E-state index contributed by atoms with van der Waals surface area (Å²) in [6, 6.07) is 2.02. The van der Waals surface area contributed by atoms with Crippen molar-refractivity contribution in [2.24, 2.45) is 0 Å². The topological polar surface area (TPSA) is 140 Å². The molecule has 1 aromatic rings. The van der Waals surface area contributed by atoms with Gasteiger partial charge in [0.05, 0.1) is 41.6 Å². The Kier molecular flexibility index (Phi) is 9.85. The number of halogens is 1. The summed E-state index contributed by atoms with van der Waals surface area (Å²) in [6.07, 6.45) is -3.12. The highest BCUT2D eigenvalue weighted by Crippen LogP contribution is 2.52. The third kappa shape index (κ3) is 7.19. The van der Waals surface area contributed by atoms with Crippen molar-refractivity contribution in [1.82, 2.24) is 5.32 Å². The lowest BCUT2D eigenvalue weighted by atomic mass is 9.74. The lowest BCUT2D eigenvalue weighted by Crippen LogP contribution is -2.59. The maximum absolute atomic E-state index is 12.3. The predicted octanol–water partition coefficient (Wildman–Crippen LogP) is 7.07. The van der Waals surface area contributed by atoms with E-state index in [1.165, 1.54) is 7.11 Å². The molecule has 1 N–H and O–H groups in total. The number of carbonyl (C=O) groups is 3. The van der Waals surface area contributed by atoms with Crippen LogP contribution in [-0.4, -0.2) is 59.1 Å². The van der Waals surface area contributed by atoms with E-state index in [4.69, 9.17) is 30.4 Å². The number of anilines is 2. The summed E-state index contributed by atoms with van der Waals surface area (Å²) in [6.45, 7) is 23.0. The Morgan fingerprint density at radius 2 is 1.52 bits per heavy atom. The SMILES string of the molecule is COC(=O)N[C@H]1CCN(c2c(Cl)c(N3OC(=O)OC(=O)O3)c(C(C)(C)C)c(C#N)c2C(C)(C)C)C[C@@H]1O[Si](C)(C)C(C)(C)C. The number of hydrogen-bond donors (Lipinski definition) is 1. The highest BCUT2D eigenvalue weighted by molar-refractivity contribution is 6.74. The van der Waals surface area contributed by atoms with Crippen LogP contribution in [0.5, 0.6) is 0 Å². The van der Waals surface area contributed by atoms with Crippen LogP contribution in [0.4, 0.5) is 25.8 Å². The molecule has 1 aromatic carbocycles. The molecule has 2 aliphatic heterocycles. The largest absolute Gasteiger partial charge is 0.546 e. The Bertz CT molecular complexity index is 1340. The Hall–Kier alpha value is -3.21. The Labute approximate surface area is 265 Å². The van der Waals surface area contributed by atoms with Crippen molar-refractivity contribution in [2.75, 3.05) is 30.3 Å². The van der Waals surface area contributed by atoms with Crippen LogP contribution in [0.15, 0.2) is 0 Å². The van der Waals surface area contributed by atoms with Crippen molar-refractivity contribution in [3.63, 3.8) is 0 Å². The highest BCUT2D eigenvalue weighted by Gasteiger charge is 2.46. The maximum Gasteiger partial charge on any atom is 0.546 e. The van der Waals surface area contributed by atoms with Crippen LogP contribution < -0.4 is 15.4 Å². The van der Waals surface area contributed by atoms with Gasteiger partial charge < -0.3 is 24.1 Å². The molecule has 2 aliphatic rings. The first kappa shape index (κ1) is 35.3. The molecule has 0 aliphatic carbocycles. The van der Waals surface area contributed by atoms with Crippen LogP contribution >= 0.6 is 11.6 Å². The molecular formula is C30H45ClN4O8Si. The average molecular weight is 653 g/mol. The molecule has 0 aromatic heterocycles. The molecular weight excluding hydrogens is 608 g/mol. The number of nitrogens with zero attached hydrogens (tertiary/aromatic N) is 3. The molecule has 0 spiro atoms. The summed E-state index contributed by atoms with van der Waals surface area (Å²) >= 11 is 7.28. The Morgan fingerprint density at radius 3 is 1.98 bits per heavy atom. The Balaban J connectivity index is 2.32. The van der Waals surface area contributed by atoms with Crippen molar-refractivity contribution in [3.8, 4) is 6.07 Å². The van der Waals surface area contributed by atoms with E-state index in [0.717, 1.165) is 0 Å². The fourth-order valence-electron chi connectivity index (χ4n) is 5.25. The number of amides is 1. The lowest BCUT2D eigenvalue weighted by molar-refractivity contribution is -0.0917. The molecule has 0 radical (unpaired) electrons. The number of ether oxygens (including phenoxy) is 2. The fraction of sp³-hybridized carbons (Fsp3) is 0.667. The van der Waals surface area contributed by atoms with Gasteiger partial charge in [-0.2, -0.15) is 5.26 Å². The molecule has 0 bridgehead atoms. The van der Waals surface area contributed by atoms with E-state index in [0.29, 0.717) is 47.1 Å². The van der Waals surface area contributed by atoms with Gasteiger partial charge in [0, 0.05) is 24.2 Å². The molecule has 2 atom stereocenters. The monoisotopic (exact) mass is 652 g/mol. The van der Waals surface area contributed by atoms with Gasteiger partial charge in [-0.05, 0) is 40.6 Å². The summed E-state index contributed by atoms with van der Waals surface area (Å²) in [5, 5.41) is 14.2. The van der Waals surface area contributed by atoms with Gasteiger partial charge in [0.25, 0.3) is 0 Å². The minimum Gasteiger partial charge on any atom is -0.453 e. The number of carbonyl (C=O) groups excluding carboxylic acids is 3. The molecule has 0 saturated carbocycles. The number of alkyl carbamates (subject to hydrolysis) is 1. The average Bonchev–Trinajstić information content (AvgIpc) is 2.86. The molecule has 14 heteroatoms. The zero-order chi connectivity index (χ0) is 33.6. The van der Waals surface area contributed by atoms with Crippen LogP contribution in [0.1, 0.15) is 85.4 Å². The van der Waals surface area contributed by atoms with Gasteiger partial charge in [-0.1, -0.05) is 73.9 Å². The minimum absolute atomic E-state index is 0.0420. The normalized spacial score (nSPS) is 19.9. The van der Waals surface area contributed by atoms with E-state index in [2.05, 4.69) is 50.0 Å². The molecule has 1 amide bonds. The smallest absolute Gasteiger partial charge is 0.453 e. The van der Waals surface area contributed by atoms with Crippen LogP contribution in [-0.2, 0) is 34.4 Å². The fourth-order valence-corrected chi connectivity index (χ4v) is 6.98. The number of cyclic esters (lactones) is 2. The van der Waals surface area contributed by atoms with E-state index in [-0.39, 0.29) is 21.8 Å². The van der Waals surface area contributed by atoms with E-state index < -0.39 is 43.7 Å². The highest BCUT2D eigenvalue weighted by atomic mass is 35.5. The third-order valence-electron chi connectivity index (χ3n) is 8.28. The van der Waals surface area contributed by atoms with E-state index in [9.17, 15) is 19.6 Å². The first-order valence-corrected chi connectivity index (χ1v) is 17.8. The van der Waals surface area contributed by atoms with Crippen LogP contribution in [0, 0.1) is 11.3 Å². The standard InChI is InChI=1S/C30H45ClN4O8Si/c1-28(2,3)20-17(15-32)21(29(4,5)6)24(35-41-26(37)40-27(38)42-35)22(31)23(20)34-14-13-18(33-25(36)39-10)19(16-34)43-44(11,12)30(7,8)9/h18-19H,13-14,16H2,1-12H3,(H,33,36)/t18-,19-/m0/s1. The zero-order valence-electron chi connectivity index (χ0n) is 27.8. The Morgan fingerprint density at radius 1 is 1.00 bits per heavy atom. The number of nitriles is 1. The van der Waals surface area contributed by atoms with Crippen molar-refractivity contribution in [3.05, 3.63) is 21.7 Å². The molecule has 3 rings (SSSR count). The van der Waals surface area contributed by atoms with Gasteiger partial charge in [-0.25, -0.2) is 14.4 Å². The molecule has 244 valence electrons. The summed E-state index contributed by atoms with van der Waals surface area (Å²) in [4.78, 5) is 48.9. The second kappa shape index (κ2) is 12.3. The van der Waals surface area contributed by atoms with Crippen LogP contribution in [0.2, 0.25) is 23.2 Å². The van der Waals surface area contributed by atoms with Gasteiger partial charge in [-0.15, -0.1) is 0 Å². The molecule has 12 nitrogen and oxygen atoms in total. The van der Waals surface area contributed by atoms with Crippen molar-refractivity contribution < 1.29 is 38.0 Å². The van der Waals surface area contributed by atoms with Gasteiger partial charge in [-0.3, -0.25) is 9.68 Å². The van der Waals surface area contributed by atoms with Crippen molar-refractivity contribution in [2.45, 2.75) is 110 Å². The molecule has 2 saturated heterocycles. The number of benzene rings is 1. The quantitative estimate of drug-likeness (QED) is 0.198. The van der Waals surface area contributed by atoms with Crippen molar-refractivity contribution in [1.29, 1.82) is 5.26 Å².